The lowest BCUT2D eigenvalue weighted by Crippen LogP contribution is -2.28. The third-order valence-electron chi connectivity index (χ3n) is 2.08. The Morgan fingerprint density at radius 1 is 1.40 bits per heavy atom. The number of pyridine rings is 1. The number of nitrogens with zero attached hydrogens (tertiary/aromatic N) is 1. The molecule has 0 spiro atoms. The van der Waals surface area contributed by atoms with Gasteiger partial charge in [0, 0.05) is 11.1 Å². The van der Waals surface area contributed by atoms with Crippen molar-refractivity contribution in [1.29, 1.82) is 0 Å². The summed E-state index contributed by atoms with van der Waals surface area (Å²) in [5.41, 5.74) is 3.77. The second kappa shape index (κ2) is 4.72. The summed E-state index contributed by atoms with van der Waals surface area (Å²) in [6.07, 6.45) is 1.73. The molecule has 0 fully saturated rings. The molecule has 2 aromatic rings. The van der Waals surface area contributed by atoms with Gasteiger partial charge in [0.1, 0.15) is 5.15 Å². The van der Waals surface area contributed by atoms with Crippen molar-refractivity contribution >= 4 is 22.9 Å². The fourth-order valence-corrected chi connectivity index (χ4v) is 2.28. The lowest BCUT2D eigenvalue weighted by molar-refractivity contribution is 0.644. The highest BCUT2D eigenvalue weighted by Gasteiger charge is 2.13. The summed E-state index contributed by atoms with van der Waals surface area (Å²) in [4.78, 5) is 5.19. The third kappa shape index (κ3) is 2.35. The Morgan fingerprint density at radius 3 is 2.80 bits per heavy atom. The van der Waals surface area contributed by atoms with Gasteiger partial charge in [0.15, 0.2) is 0 Å². The van der Waals surface area contributed by atoms with E-state index >= 15 is 0 Å². The number of hydrogen-bond donors (Lipinski definition) is 2. The van der Waals surface area contributed by atoms with Gasteiger partial charge in [-0.1, -0.05) is 23.7 Å². The highest BCUT2D eigenvalue weighted by molar-refractivity contribution is 7.10. The van der Waals surface area contributed by atoms with Crippen LogP contribution in [0.3, 0.4) is 0 Å². The van der Waals surface area contributed by atoms with Gasteiger partial charge in [-0.15, -0.1) is 11.3 Å². The highest BCUT2D eigenvalue weighted by Crippen LogP contribution is 2.25. The van der Waals surface area contributed by atoms with Crippen LogP contribution in [0.2, 0.25) is 5.15 Å². The summed E-state index contributed by atoms with van der Waals surface area (Å²) >= 11 is 7.38. The number of hydrazine groups is 1. The minimum Gasteiger partial charge on any atom is -0.271 e. The molecule has 0 aromatic carbocycles. The van der Waals surface area contributed by atoms with Gasteiger partial charge in [-0.05, 0) is 23.1 Å². The molecule has 0 aliphatic carbocycles. The molecular weight excluding hydrogens is 230 g/mol. The van der Waals surface area contributed by atoms with E-state index in [2.05, 4.69) is 10.4 Å². The van der Waals surface area contributed by atoms with Crippen molar-refractivity contribution in [1.82, 2.24) is 10.4 Å². The van der Waals surface area contributed by atoms with E-state index in [1.165, 1.54) is 0 Å². The number of aromatic nitrogens is 1. The predicted molar refractivity (Wildman–Crippen MR) is 62.7 cm³/mol. The maximum atomic E-state index is 5.72. The summed E-state index contributed by atoms with van der Waals surface area (Å²) < 4.78 is 0. The van der Waals surface area contributed by atoms with Gasteiger partial charge in [-0.2, -0.15) is 0 Å². The van der Waals surface area contributed by atoms with Crippen molar-refractivity contribution in [3.05, 3.63) is 51.4 Å². The smallest absolute Gasteiger partial charge is 0.129 e. The van der Waals surface area contributed by atoms with Crippen LogP contribution in [0.1, 0.15) is 16.5 Å². The molecule has 3 nitrogen and oxygen atoms in total. The lowest BCUT2D eigenvalue weighted by Gasteiger charge is -2.13. The first-order valence-electron chi connectivity index (χ1n) is 4.42. The molecule has 0 amide bonds. The Kier molecular flexibility index (Phi) is 3.33. The van der Waals surface area contributed by atoms with Crippen LogP contribution in [-0.4, -0.2) is 4.98 Å². The summed E-state index contributed by atoms with van der Waals surface area (Å²) in [5.74, 6) is 5.53. The van der Waals surface area contributed by atoms with Crippen molar-refractivity contribution in [2.45, 2.75) is 6.04 Å². The minimum absolute atomic E-state index is 0.0187. The van der Waals surface area contributed by atoms with E-state index in [4.69, 9.17) is 17.4 Å². The van der Waals surface area contributed by atoms with Crippen molar-refractivity contribution in [3.63, 3.8) is 0 Å². The maximum absolute atomic E-state index is 5.72. The first-order valence-corrected chi connectivity index (χ1v) is 5.68. The number of thiophene rings is 1. The normalized spacial score (nSPS) is 12.7. The zero-order valence-corrected chi connectivity index (χ0v) is 9.42. The van der Waals surface area contributed by atoms with Crippen LogP contribution >= 0.6 is 22.9 Å². The molecule has 1 atom stereocenters. The van der Waals surface area contributed by atoms with Gasteiger partial charge in [-0.3, -0.25) is 5.84 Å². The topological polar surface area (TPSA) is 50.9 Å². The first kappa shape index (κ1) is 10.6. The maximum Gasteiger partial charge on any atom is 0.129 e. The van der Waals surface area contributed by atoms with Crippen LogP contribution in [0.25, 0.3) is 0 Å². The second-order valence-corrected chi connectivity index (χ2v) is 4.40. The van der Waals surface area contributed by atoms with Crippen LogP contribution in [0, 0.1) is 0 Å². The van der Waals surface area contributed by atoms with Crippen LogP contribution in [-0.2, 0) is 0 Å². The Bertz CT molecular complexity index is 413. The van der Waals surface area contributed by atoms with Crippen LogP contribution in [0.4, 0.5) is 0 Å². The lowest BCUT2D eigenvalue weighted by atomic mass is 10.1. The van der Waals surface area contributed by atoms with E-state index < -0.39 is 0 Å². The summed E-state index contributed by atoms with van der Waals surface area (Å²) in [6, 6.07) is 7.68. The predicted octanol–water partition coefficient (Wildman–Crippen LogP) is 2.35. The molecule has 0 bridgehead atoms. The van der Waals surface area contributed by atoms with E-state index in [0.717, 1.165) is 10.4 Å². The number of nitrogens with one attached hydrogen (secondary N) is 1. The molecule has 2 aromatic heterocycles. The average Bonchev–Trinajstić information content (AvgIpc) is 2.75. The molecule has 2 rings (SSSR count). The monoisotopic (exact) mass is 239 g/mol. The average molecular weight is 240 g/mol. The van der Waals surface area contributed by atoms with E-state index in [9.17, 15) is 0 Å². The van der Waals surface area contributed by atoms with Crippen molar-refractivity contribution in [2.75, 3.05) is 0 Å². The minimum atomic E-state index is -0.0187. The summed E-state index contributed by atoms with van der Waals surface area (Å²) in [5, 5.41) is 2.50. The Labute approximate surface area is 96.9 Å². The summed E-state index contributed by atoms with van der Waals surface area (Å²) in [7, 11) is 0. The van der Waals surface area contributed by atoms with Gasteiger partial charge in [0.05, 0.1) is 6.04 Å². The molecule has 0 saturated heterocycles. The molecule has 0 radical (unpaired) electrons. The first-order chi connectivity index (χ1) is 7.31. The quantitative estimate of drug-likeness (QED) is 0.491. The Balaban J connectivity index is 2.31. The Morgan fingerprint density at radius 2 is 2.27 bits per heavy atom. The van der Waals surface area contributed by atoms with Crippen LogP contribution < -0.4 is 11.3 Å². The number of nitrogens with two attached hydrogens (primary N) is 1. The van der Waals surface area contributed by atoms with Crippen molar-refractivity contribution in [2.24, 2.45) is 5.84 Å². The molecule has 5 heteroatoms. The molecular formula is C10H10ClN3S. The molecule has 78 valence electrons. The fourth-order valence-electron chi connectivity index (χ4n) is 1.36. The van der Waals surface area contributed by atoms with Crippen molar-refractivity contribution < 1.29 is 0 Å². The molecule has 0 aliphatic heterocycles. The third-order valence-corrected chi connectivity index (χ3v) is 3.24. The van der Waals surface area contributed by atoms with Gasteiger partial charge < -0.3 is 0 Å². The number of hydrogen-bond acceptors (Lipinski definition) is 4. The number of rotatable bonds is 3. The molecule has 15 heavy (non-hydrogen) atoms. The standard InChI is InChI=1S/C10H10ClN3S/c11-9-4-3-7(6-13-9)10(14-12)8-2-1-5-15-8/h1-6,10,14H,12H2. The second-order valence-electron chi connectivity index (χ2n) is 3.03. The molecule has 0 saturated carbocycles. The highest BCUT2D eigenvalue weighted by atomic mass is 35.5. The number of halogens is 1. The molecule has 0 aliphatic rings. The van der Waals surface area contributed by atoms with E-state index in [-0.39, 0.29) is 6.04 Å². The molecule has 2 heterocycles. The van der Waals surface area contributed by atoms with E-state index in [1.54, 1.807) is 23.6 Å². The summed E-state index contributed by atoms with van der Waals surface area (Å²) in [6.45, 7) is 0. The van der Waals surface area contributed by atoms with Crippen LogP contribution in [0.5, 0.6) is 0 Å². The van der Waals surface area contributed by atoms with Gasteiger partial charge >= 0.3 is 0 Å². The van der Waals surface area contributed by atoms with Crippen molar-refractivity contribution in [3.8, 4) is 0 Å². The molecule has 1 unspecified atom stereocenters. The van der Waals surface area contributed by atoms with Gasteiger partial charge in [0.25, 0.3) is 0 Å². The zero-order chi connectivity index (χ0) is 10.7. The largest absolute Gasteiger partial charge is 0.271 e. The fraction of sp³-hybridized carbons (Fsp3) is 0.100. The van der Waals surface area contributed by atoms with E-state index in [1.807, 2.05) is 23.6 Å². The van der Waals surface area contributed by atoms with Gasteiger partial charge in [0.2, 0.25) is 0 Å². The van der Waals surface area contributed by atoms with E-state index in [0.29, 0.717) is 5.15 Å². The SMILES string of the molecule is NNC(c1ccc(Cl)nc1)c1cccs1. The molecule has 3 N–H and O–H groups in total. The van der Waals surface area contributed by atoms with Gasteiger partial charge in [-0.25, -0.2) is 10.4 Å². The Hall–Kier alpha value is -0.940. The van der Waals surface area contributed by atoms with Crippen LogP contribution in [0.15, 0.2) is 35.8 Å². The zero-order valence-electron chi connectivity index (χ0n) is 7.85.